The molecule has 0 unspecified atom stereocenters. The molecule has 3 rings (SSSR count). The number of aryl methyl sites for hydroxylation is 1. The number of aliphatic hydroxyl groups excluding tert-OH is 1. The molecule has 0 saturated carbocycles. The highest BCUT2D eigenvalue weighted by Gasteiger charge is 2.23. The number of carbonyl (C=O) groups is 1. The summed E-state index contributed by atoms with van der Waals surface area (Å²) in [6, 6.07) is 7.67. The predicted octanol–water partition coefficient (Wildman–Crippen LogP) is 1.01. The van der Waals surface area contributed by atoms with E-state index in [4.69, 9.17) is 4.74 Å². The standard InChI is InChI=1S/C15H18N2O3/c1-16-6-5-12-13(3-2-4-14(12)16)15(19)17-7-8-20-10-11(18)9-17/h2-6,11,18H,7-10H2,1H3/t11-/m1/s1. The quantitative estimate of drug-likeness (QED) is 0.844. The number of β-amino-alcohol motifs (C(OH)–C–C–N with tert-alkyl or cyclic N) is 1. The van der Waals surface area contributed by atoms with E-state index in [1.807, 2.05) is 42.1 Å². The Bertz CT molecular complexity index is 635. The normalized spacial score (nSPS) is 20.1. The lowest BCUT2D eigenvalue weighted by Crippen LogP contribution is -2.37. The van der Waals surface area contributed by atoms with Crippen molar-refractivity contribution in [1.82, 2.24) is 9.47 Å². The van der Waals surface area contributed by atoms with Gasteiger partial charge in [0.15, 0.2) is 0 Å². The molecule has 1 atom stereocenters. The highest BCUT2D eigenvalue weighted by molar-refractivity contribution is 6.06. The average Bonchev–Trinajstić information content (AvgIpc) is 2.69. The first kappa shape index (κ1) is 13.1. The minimum atomic E-state index is -0.614. The predicted molar refractivity (Wildman–Crippen MR) is 75.6 cm³/mol. The van der Waals surface area contributed by atoms with Crippen LogP contribution >= 0.6 is 0 Å². The number of aliphatic hydroxyl groups is 1. The van der Waals surface area contributed by atoms with Crippen LogP contribution in [-0.2, 0) is 11.8 Å². The third kappa shape index (κ3) is 2.30. The van der Waals surface area contributed by atoms with E-state index in [2.05, 4.69) is 0 Å². The monoisotopic (exact) mass is 274 g/mol. The maximum absolute atomic E-state index is 12.7. The molecule has 2 heterocycles. The van der Waals surface area contributed by atoms with Crippen molar-refractivity contribution in [2.45, 2.75) is 6.10 Å². The van der Waals surface area contributed by atoms with Gasteiger partial charge in [-0.2, -0.15) is 0 Å². The molecule has 1 saturated heterocycles. The fourth-order valence-corrected chi connectivity index (χ4v) is 2.64. The molecule has 106 valence electrons. The lowest BCUT2D eigenvalue weighted by atomic mass is 10.1. The number of aromatic nitrogens is 1. The Kier molecular flexibility index (Phi) is 3.46. The van der Waals surface area contributed by atoms with Gasteiger partial charge in [0, 0.05) is 42.8 Å². The minimum Gasteiger partial charge on any atom is -0.389 e. The Balaban J connectivity index is 1.95. The summed E-state index contributed by atoms with van der Waals surface area (Å²) in [5.74, 6) is -0.0497. The van der Waals surface area contributed by atoms with E-state index >= 15 is 0 Å². The average molecular weight is 274 g/mol. The van der Waals surface area contributed by atoms with Crippen LogP contribution in [0.2, 0.25) is 0 Å². The van der Waals surface area contributed by atoms with Gasteiger partial charge < -0.3 is 19.3 Å². The largest absolute Gasteiger partial charge is 0.389 e. The van der Waals surface area contributed by atoms with Crippen LogP contribution in [0, 0.1) is 0 Å². The van der Waals surface area contributed by atoms with Crippen molar-refractivity contribution in [2.75, 3.05) is 26.3 Å². The van der Waals surface area contributed by atoms with Crippen LogP contribution in [0.15, 0.2) is 30.5 Å². The molecule has 0 radical (unpaired) electrons. The molecular weight excluding hydrogens is 256 g/mol. The Hall–Kier alpha value is -1.85. The van der Waals surface area contributed by atoms with Crippen LogP contribution in [0.5, 0.6) is 0 Å². The van der Waals surface area contributed by atoms with E-state index in [0.717, 1.165) is 10.9 Å². The first-order valence-corrected chi connectivity index (χ1v) is 6.76. The molecule has 1 aliphatic heterocycles. The Morgan fingerprint density at radius 1 is 1.40 bits per heavy atom. The zero-order valence-electron chi connectivity index (χ0n) is 11.5. The molecule has 5 nitrogen and oxygen atoms in total. The second kappa shape index (κ2) is 5.26. The van der Waals surface area contributed by atoms with Crippen LogP contribution in [-0.4, -0.2) is 52.9 Å². The van der Waals surface area contributed by atoms with Gasteiger partial charge in [0.05, 0.1) is 19.3 Å². The molecule has 20 heavy (non-hydrogen) atoms. The number of hydrogen-bond donors (Lipinski definition) is 1. The fourth-order valence-electron chi connectivity index (χ4n) is 2.64. The summed E-state index contributed by atoms with van der Waals surface area (Å²) in [6.07, 6.45) is 1.33. The van der Waals surface area contributed by atoms with Gasteiger partial charge in [0.1, 0.15) is 0 Å². The summed E-state index contributed by atoms with van der Waals surface area (Å²) in [5, 5.41) is 10.7. The van der Waals surface area contributed by atoms with E-state index in [1.165, 1.54) is 0 Å². The van der Waals surface area contributed by atoms with Crippen molar-refractivity contribution < 1.29 is 14.6 Å². The summed E-state index contributed by atoms with van der Waals surface area (Å²) in [6.45, 7) is 1.59. The van der Waals surface area contributed by atoms with Gasteiger partial charge in [-0.25, -0.2) is 0 Å². The maximum atomic E-state index is 12.7. The summed E-state index contributed by atoms with van der Waals surface area (Å²) in [5.41, 5.74) is 1.71. The number of rotatable bonds is 1. The zero-order valence-corrected chi connectivity index (χ0v) is 11.5. The highest BCUT2D eigenvalue weighted by atomic mass is 16.5. The molecule has 0 aliphatic carbocycles. The lowest BCUT2D eigenvalue weighted by Gasteiger charge is -2.21. The Morgan fingerprint density at radius 3 is 3.10 bits per heavy atom. The summed E-state index contributed by atoms with van der Waals surface area (Å²) in [7, 11) is 1.96. The number of carbonyl (C=O) groups excluding carboxylic acids is 1. The van der Waals surface area contributed by atoms with E-state index in [9.17, 15) is 9.90 Å². The molecule has 2 aromatic rings. The van der Waals surface area contributed by atoms with Crippen molar-refractivity contribution in [2.24, 2.45) is 7.05 Å². The van der Waals surface area contributed by atoms with Crippen LogP contribution < -0.4 is 0 Å². The van der Waals surface area contributed by atoms with Crippen LogP contribution in [0.1, 0.15) is 10.4 Å². The van der Waals surface area contributed by atoms with Crippen LogP contribution in [0.4, 0.5) is 0 Å². The first-order chi connectivity index (χ1) is 9.66. The van der Waals surface area contributed by atoms with Crippen LogP contribution in [0.25, 0.3) is 10.9 Å². The second-order valence-electron chi connectivity index (χ2n) is 5.14. The van der Waals surface area contributed by atoms with E-state index in [1.54, 1.807) is 4.90 Å². The molecule has 1 aromatic carbocycles. The van der Waals surface area contributed by atoms with Gasteiger partial charge >= 0.3 is 0 Å². The van der Waals surface area contributed by atoms with Crippen molar-refractivity contribution in [3.63, 3.8) is 0 Å². The Labute approximate surface area is 117 Å². The summed E-state index contributed by atoms with van der Waals surface area (Å²) < 4.78 is 7.26. The Morgan fingerprint density at radius 2 is 2.25 bits per heavy atom. The number of nitrogens with zero attached hydrogens (tertiary/aromatic N) is 2. The van der Waals surface area contributed by atoms with Gasteiger partial charge in [-0.05, 0) is 18.2 Å². The number of ether oxygens (including phenoxy) is 1. The maximum Gasteiger partial charge on any atom is 0.254 e. The lowest BCUT2D eigenvalue weighted by molar-refractivity contribution is 0.0535. The highest BCUT2D eigenvalue weighted by Crippen LogP contribution is 2.21. The summed E-state index contributed by atoms with van der Waals surface area (Å²) in [4.78, 5) is 14.3. The molecule has 5 heteroatoms. The minimum absolute atomic E-state index is 0.0497. The third-order valence-electron chi connectivity index (χ3n) is 3.69. The topological polar surface area (TPSA) is 54.7 Å². The molecule has 0 bridgehead atoms. The van der Waals surface area contributed by atoms with Crippen LogP contribution in [0.3, 0.4) is 0 Å². The van der Waals surface area contributed by atoms with E-state index in [-0.39, 0.29) is 5.91 Å². The molecule has 1 aliphatic rings. The molecule has 1 N–H and O–H groups in total. The van der Waals surface area contributed by atoms with Gasteiger partial charge in [-0.15, -0.1) is 0 Å². The number of fused-ring (bicyclic) bond motifs is 1. The van der Waals surface area contributed by atoms with Crippen molar-refractivity contribution in [3.05, 3.63) is 36.0 Å². The first-order valence-electron chi connectivity index (χ1n) is 6.76. The third-order valence-corrected chi connectivity index (χ3v) is 3.69. The number of hydrogen-bond acceptors (Lipinski definition) is 3. The second-order valence-corrected chi connectivity index (χ2v) is 5.14. The molecular formula is C15H18N2O3. The SMILES string of the molecule is Cn1ccc2c(C(=O)N3CCOC[C@H](O)C3)cccc21. The van der Waals surface area contributed by atoms with E-state index in [0.29, 0.717) is 31.9 Å². The molecule has 1 aromatic heterocycles. The number of benzene rings is 1. The smallest absolute Gasteiger partial charge is 0.254 e. The van der Waals surface area contributed by atoms with Crippen molar-refractivity contribution >= 4 is 16.8 Å². The van der Waals surface area contributed by atoms with Crippen molar-refractivity contribution in [1.29, 1.82) is 0 Å². The molecule has 0 spiro atoms. The molecule has 1 amide bonds. The van der Waals surface area contributed by atoms with Gasteiger partial charge in [-0.1, -0.05) is 6.07 Å². The fraction of sp³-hybridized carbons (Fsp3) is 0.400. The zero-order chi connectivity index (χ0) is 14.1. The summed E-state index contributed by atoms with van der Waals surface area (Å²) >= 11 is 0. The van der Waals surface area contributed by atoms with E-state index < -0.39 is 6.10 Å². The van der Waals surface area contributed by atoms with Gasteiger partial charge in [0.25, 0.3) is 5.91 Å². The van der Waals surface area contributed by atoms with Gasteiger partial charge in [-0.3, -0.25) is 4.79 Å². The molecule has 1 fully saturated rings. The number of amides is 1. The van der Waals surface area contributed by atoms with Gasteiger partial charge in [0.2, 0.25) is 0 Å². The van der Waals surface area contributed by atoms with Crippen molar-refractivity contribution in [3.8, 4) is 0 Å².